The molecule has 28 heavy (non-hydrogen) atoms. The Morgan fingerprint density at radius 3 is 2.61 bits per heavy atom. The second-order valence-electron chi connectivity index (χ2n) is 6.25. The van der Waals surface area contributed by atoms with Crippen LogP contribution in [0.5, 0.6) is 5.75 Å². The third kappa shape index (κ3) is 3.80. The number of hydrogen-bond acceptors (Lipinski definition) is 5. The summed E-state index contributed by atoms with van der Waals surface area (Å²) in [6.07, 6.45) is -0.0517. The largest absolute Gasteiger partial charge is 0.497 e. The van der Waals surface area contributed by atoms with Crippen LogP contribution in [0.3, 0.4) is 0 Å². The van der Waals surface area contributed by atoms with Crippen molar-refractivity contribution in [2.24, 2.45) is 5.92 Å². The molecule has 1 fully saturated rings. The number of nitrogens with one attached hydrogen (secondary N) is 1. The van der Waals surface area contributed by atoms with Crippen LogP contribution in [0.25, 0.3) is 0 Å². The Labute approximate surface area is 161 Å². The number of esters is 1. The monoisotopic (exact) mass is 386 g/mol. The van der Waals surface area contributed by atoms with E-state index in [-0.39, 0.29) is 35.8 Å². The van der Waals surface area contributed by atoms with E-state index in [2.05, 4.69) is 5.32 Å². The number of nitrogens with zero attached hydrogens (tertiary/aromatic N) is 1. The van der Waals surface area contributed by atoms with Crippen molar-refractivity contribution in [1.82, 2.24) is 0 Å². The lowest BCUT2D eigenvalue weighted by Gasteiger charge is -2.17. The van der Waals surface area contributed by atoms with Gasteiger partial charge in [-0.2, -0.15) is 0 Å². The zero-order valence-electron chi connectivity index (χ0n) is 15.4. The van der Waals surface area contributed by atoms with Gasteiger partial charge >= 0.3 is 5.97 Å². The van der Waals surface area contributed by atoms with Crippen LogP contribution in [0.15, 0.2) is 42.5 Å². The summed E-state index contributed by atoms with van der Waals surface area (Å²) in [5.74, 6) is -2.19. The highest BCUT2D eigenvalue weighted by atomic mass is 19.1. The third-order valence-electron chi connectivity index (χ3n) is 4.53. The highest BCUT2D eigenvalue weighted by Crippen LogP contribution is 2.29. The van der Waals surface area contributed by atoms with Crippen LogP contribution < -0.4 is 15.0 Å². The number of rotatable bonds is 5. The summed E-state index contributed by atoms with van der Waals surface area (Å²) in [7, 11) is 2.69. The average Bonchev–Trinajstić information content (AvgIpc) is 3.09. The minimum atomic E-state index is -0.681. The molecule has 8 heteroatoms. The first-order chi connectivity index (χ1) is 13.4. The van der Waals surface area contributed by atoms with Crippen molar-refractivity contribution in [3.8, 4) is 5.75 Å². The molecule has 1 atom stereocenters. The predicted molar refractivity (Wildman–Crippen MR) is 99.8 cm³/mol. The number of halogens is 1. The highest BCUT2D eigenvalue weighted by Gasteiger charge is 2.36. The normalized spacial score (nSPS) is 16.0. The Bertz CT molecular complexity index is 931. The van der Waals surface area contributed by atoms with Crippen molar-refractivity contribution < 1.29 is 28.2 Å². The fraction of sp³-hybridized carbons (Fsp3) is 0.250. The minimum absolute atomic E-state index is 0.0509. The Kier molecular flexibility index (Phi) is 5.58. The molecule has 0 bridgehead atoms. The van der Waals surface area contributed by atoms with E-state index in [4.69, 9.17) is 9.47 Å². The van der Waals surface area contributed by atoms with Gasteiger partial charge in [-0.25, -0.2) is 9.18 Å². The molecule has 1 heterocycles. The van der Waals surface area contributed by atoms with Crippen molar-refractivity contribution in [2.45, 2.75) is 6.42 Å². The van der Waals surface area contributed by atoms with Crippen LogP contribution in [0.2, 0.25) is 0 Å². The molecule has 1 aliphatic heterocycles. The summed E-state index contributed by atoms with van der Waals surface area (Å²) in [4.78, 5) is 38.2. The molecule has 0 spiro atoms. The maximum absolute atomic E-state index is 14.0. The second-order valence-corrected chi connectivity index (χ2v) is 6.25. The molecule has 2 aromatic rings. The fourth-order valence-corrected chi connectivity index (χ4v) is 3.06. The molecule has 1 aliphatic rings. The molecular weight excluding hydrogens is 367 g/mol. The SMILES string of the molecule is COC(=O)c1cc(OC)ccc1NC(=O)C1CC(=O)N(c2ccccc2F)C1. The van der Waals surface area contributed by atoms with Crippen molar-refractivity contribution in [1.29, 1.82) is 0 Å². The summed E-state index contributed by atoms with van der Waals surface area (Å²) in [5, 5.41) is 2.66. The first-order valence-corrected chi connectivity index (χ1v) is 8.56. The van der Waals surface area contributed by atoms with Crippen molar-refractivity contribution in [3.05, 3.63) is 53.8 Å². The van der Waals surface area contributed by atoms with E-state index in [1.54, 1.807) is 12.1 Å². The number of anilines is 2. The molecule has 0 saturated carbocycles. The Balaban J connectivity index is 1.78. The number of hydrogen-bond donors (Lipinski definition) is 1. The highest BCUT2D eigenvalue weighted by molar-refractivity contribution is 6.06. The van der Waals surface area contributed by atoms with Gasteiger partial charge in [-0.1, -0.05) is 12.1 Å². The number of ether oxygens (including phenoxy) is 2. The van der Waals surface area contributed by atoms with E-state index >= 15 is 0 Å². The van der Waals surface area contributed by atoms with Gasteiger partial charge in [-0.15, -0.1) is 0 Å². The molecule has 1 N–H and O–H groups in total. The number of amides is 2. The number of carbonyl (C=O) groups excluding carboxylic acids is 3. The van der Waals surface area contributed by atoms with Crippen LogP contribution in [-0.4, -0.2) is 38.5 Å². The fourth-order valence-electron chi connectivity index (χ4n) is 3.06. The van der Waals surface area contributed by atoms with Gasteiger partial charge in [-0.3, -0.25) is 9.59 Å². The molecule has 1 saturated heterocycles. The second kappa shape index (κ2) is 8.08. The molecule has 1 unspecified atom stereocenters. The van der Waals surface area contributed by atoms with Crippen molar-refractivity contribution in [3.63, 3.8) is 0 Å². The van der Waals surface area contributed by atoms with Gasteiger partial charge in [0.05, 0.1) is 37.1 Å². The predicted octanol–water partition coefficient (Wildman–Crippen LogP) is 2.61. The molecule has 3 rings (SSSR count). The minimum Gasteiger partial charge on any atom is -0.497 e. The van der Waals surface area contributed by atoms with Gasteiger partial charge in [0.25, 0.3) is 0 Å². The Morgan fingerprint density at radius 1 is 1.18 bits per heavy atom. The number of benzene rings is 2. The number of carbonyl (C=O) groups is 3. The standard InChI is InChI=1S/C20H19FN2O5/c1-27-13-7-8-16(14(10-13)20(26)28-2)22-19(25)12-9-18(24)23(11-12)17-6-4-3-5-15(17)21/h3-8,10,12H,9,11H2,1-2H3,(H,22,25). The lowest BCUT2D eigenvalue weighted by Crippen LogP contribution is -2.29. The lowest BCUT2D eigenvalue weighted by atomic mass is 10.1. The zero-order chi connectivity index (χ0) is 20.3. The summed E-state index contributed by atoms with van der Waals surface area (Å²) in [6, 6.07) is 10.5. The van der Waals surface area contributed by atoms with Gasteiger partial charge in [0.15, 0.2) is 0 Å². The van der Waals surface area contributed by atoms with E-state index < -0.39 is 23.6 Å². The van der Waals surface area contributed by atoms with Crippen molar-refractivity contribution >= 4 is 29.2 Å². The van der Waals surface area contributed by atoms with Gasteiger partial charge in [0.1, 0.15) is 11.6 Å². The van der Waals surface area contributed by atoms with E-state index in [0.29, 0.717) is 5.75 Å². The lowest BCUT2D eigenvalue weighted by molar-refractivity contribution is -0.122. The van der Waals surface area contributed by atoms with Gasteiger partial charge in [0, 0.05) is 13.0 Å². The average molecular weight is 386 g/mol. The Morgan fingerprint density at radius 2 is 1.93 bits per heavy atom. The summed E-state index contributed by atoms with van der Waals surface area (Å²) in [6.45, 7) is 0.0509. The van der Waals surface area contributed by atoms with E-state index in [0.717, 1.165) is 0 Å². The van der Waals surface area contributed by atoms with E-state index in [1.807, 2.05) is 0 Å². The first-order valence-electron chi connectivity index (χ1n) is 8.56. The molecule has 146 valence electrons. The third-order valence-corrected chi connectivity index (χ3v) is 4.53. The number of para-hydroxylation sites is 1. The van der Waals surface area contributed by atoms with Crippen LogP contribution in [0, 0.1) is 11.7 Å². The molecule has 0 radical (unpaired) electrons. The molecule has 2 aromatic carbocycles. The molecule has 0 aromatic heterocycles. The summed E-state index contributed by atoms with van der Waals surface area (Å²) >= 11 is 0. The maximum Gasteiger partial charge on any atom is 0.340 e. The van der Waals surface area contributed by atoms with Crippen molar-refractivity contribution in [2.75, 3.05) is 31.0 Å². The summed E-state index contributed by atoms with van der Waals surface area (Å²) in [5.41, 5.74) is 0.516. The molecular formula is C20H19FN2O5. The molecule has 2 amide bonds. The molecule has 0 aliphatic carbocycles. The van der Waals surface area contributed by atoms with E-state index in [9.17, 15) is 18.8 Å². The zero-order valence-corrected chi connectivity index (χ0v) is 15.4. The number of methoxy groups -OCH3 is 2. The first kappa shape index (κ1) is 19.3. The van der Waals surface area contributed by atoms with Gasteiger partial charge < -0.3 is 19.7 Å². The Hall–Kier alpha value is -3.42. The smallest absolute Gasteiger partial charge is 0.340 e. The topological polar surface area (TPSA) is 84.9 Å². The molecule has 7 nitrogen and oxygen atoms in total. The summed E-state index contributed by atoms with van der Waals surface area (Å²) < 4.78 is 23.8. The van der Waals surface area contributed by atoms with Crippen LogP contribution in [0.4, 0.5) is 15.8 Å². The quantitative estimate of drug-likeness (QED) is 0.799. The van der Waals surface area contributed by atoms with Gasteiger partial charge in [0.2, 0.25) is 11.8 Å². The van der Waals surface area contributed by atoms with Crippen LogP contribution in [-0.2, 0) is 14.3 Å². The van der Waals surface area contributed by atoms with Crippen LogP contribution in [0.1, 0.15) is 16.8 Å². The van der Waals surface area contributed by atoms with E-state index in [1.165, 1.54) is 49.5 Å². The van der Waals surface area contributed by atoms with Crippen LogP contribution >= 0.6 is 0 Å². The maximum atomic E-state index is 14.0. The van der Waals surface area contributed by atoms with Gasteiger partial charge in [-0.05, 0) is 30.3 Å².